The van der Waals surface area contributed by atoms with E-state index in [1.807, 2.05) is 19.1 Å². The summed E-state index contributed by atoms with van der Waals surface area (Å²) in [6.07, 6.45) is 0. The van der Waals surface area contributed by atoms with Crippen LogP contribution in [0.1, 0.15) is 16.7 Å². The van der Waals surface area contributed by atoms with Gasteiger partial charge in [0.25, 0.3) is 0 Å². The molecule has 6 heteroatoms. The molecule has 2 N–H and O–H groups in total. The van der Waals surface area contributed by atoms with E-state index in [1.165, 1.54) is 9.78 Å². The van der Waals surface area contributed by atoms with Crippen LogP contribution in [0.3, 0.4) is 0 Å². The maximum Gasteiger partial charge on any atom is 0.323 e. The highest BCUT2D eigenvalue weighted by atomic mass is 32.1. The van der Waals surface area contributed by atoms with Crippen LogP contribution in [-0.2, 0) is 11.3 Å². The third-order valence-electron chi connectivity index (χ3n) is 2.20. The van der Waals surface area contributed by atoms with Gasteiger partial charge < -0.3 is 15.3 Å². The molecule has 0 radical (unpaired) electrons. The van der Waals surface area contributed by atoms with Crippen molar-refractivity contribution in [2.75, 3.05) is 13.1 Å². The second kappa shape index (κ2) is 6.24. The molecule has 0 unspecified atom stereocenters. The minimum absolute atomic E-state index is 0.272. The smallest absolute Gasteiger partial charge is 0.323 e. The van der Waals surface area contributed by atoms with Gasteiger partial charge in [0.05, 0.1) is 6.54 Å². The van der Waals surface area contributed by atoms with Gasteiger partial charge in [0.2, 0.25) is 0 Å². The van der Waals surface area contributed by atoms with Crippen LogP contribution in [0.2, 0.25) is 0 Å². The number of nitrogens with one attached hydrogen (secondary N) is 1. The minimum Gasteiger partial charge on any atom is -0.480 e. The van der Waals surface area contributed by atoms with Crippen molar-refractivity contribution in [1.29, 1.82) is 0 Å². The maximum atomic E-state index is 11.6. The molecule has 0 saturated carbocycles. The molecule has 0 spiro atoms. The van der Waals surface area contributed by atoms with Gasteiger partial charge in [-0.3, -0.25) is 4.79 Å². The second-order valence-corrected chi connectivity index (χ2v) is 4.95. The predicted molar refractivity (Wildman–Crippen MR) is 66.2 cm³/mol. The lowest BCUT2D eigenvalue weighted by molar-refractivity contribution is -0.137. The average molecular weight is 256 g/mol. The molecular weight excluding hydrogens is 240 g/mol. The molecule has 0 aliphatic heterocycles. The molecule has 1 aromatic rings. The first kappa shape index (κ1) is 13.5. The largest absolute Gasteiger partial charge is 0.480 e. The monoisotopic (exact) mass is 256 g/mol. The summed E-state index contributed by atoms with van der Waals surface area (Å²) >= 11 is 1.61. The topological polar surface area (TPSA) is 69.6 Å². The Morgan fingerprint density at radius 3 is 2.65 bits per heavy atom. The van der Waals surface area contributed by atoms with Crippen molar-refractivity contribution in [3.63, 3.8) is 0 Å². The molecule has 17 heavy (non-hydrogen) atoms. The van der Waals surface area contributed by atoms with E-state index in [0.29, 0.717) is 13.1 Å². The quantitative estimate of drug-likeness (QED) is 0.842. The summed E-state index contributed by atoms with van der Waals surface area (Å²) in [4.78, 5) is 25.7. The fourth-order valence-corrected chi connectivity index (χ4v) is 2.18. The maximum absolute atomic E-state index is 11.6. The number of rotatable bonds is 5. The van der Waals surface area contributed by atoms with E-state index in [2.05, 4.69) is 5.32 Å². The van der Waals surface area contributed by atoms with Crippen molar-refractivity contribution in [1.82, 2.24) is 10.2 Å². The number of carboxylic acids is 1. The van der Waals surface area contributed by atoms with Gasteiger partial charge >= 0.3 is 12.0 Å². The number of aryl methyl sites for hydroxylation is 1. The molecule has 0 aromatic carbocycles. The van der Waals surface area contributed by atoms with Crippen LogP contribution in [0.4, 0.5) is 4.79 Å². The molecule has 0 bridgehead atoms. The van der Waals surface area contributed by atoms with Crippen molar-refractivity contribution in [2.24, 2.45) is 0 Å². The second-order valence-electron chi connectivity index (χ2n) is 3.58. The molecule has 0 atom stereocenters. The van der Waals surface area contributed by atoms with Crippen molar-refractivity contribution < 1.29 is 14.7 Å². The Bertz CT molecular complexity index is 403. The Morgan fingerprint density at radius 1 is 1.47 bits per heavy atom. The van der Waals surface area contributed by atoms with Gasteiger partial charge in [-0.1, -0.05) is 0 Å². The van der Waals surface area contributed by atoms with E-state index in [1.54, 1.807) is 18.3 Å². The summed E-state index contributed by atoms with van der Waals surface area (Å²) in [6, 6.07) is 3.59. The van der Waals surface area contributed by atoms with Gasteiger partial charge in [-0.25, -0.2) is 4.79 Å². The SMILES string of the molecule is CCN(CC(=O)O)C(=O)NCc1ccc(C)s1. The number of amides is 2. The summed E-state index contributed by atoms with van der Waals surface area (Å²) in [5.74, 6) is -1.01. The predicted octanol–water partition coefficient (Wildman–Crippen LogP) is 1.67. The molecule has 5 nitrogen and oxygen atoms in total. The third kappa shape index (κ3) is 4.44. The first-order valence-electron chi connectivity index (χ1n) is 5.32. The van der Waals surface area contributed by atoms with Gasteiger partial charge in [0, 0.05) is 16.3 Å². The van der Waals surface area contributed by atoms with E-state index in [0.717, 1.165) is 4.88 Å². The van der Waals surface area contributed by atoms with Crippen molar-refractivity contribution >= 4 is 23.3 Å². The molecule has 1 heterocycles. The number of aliphatic carboxylic acids is 1. The summed E-state index contributed by atoms with van der Waals surface area (Å²) < 4.78 is 0. The number of nitrogens with zero attached hydrogens (tertiary/aromatic N) is 1. The van der Waals surface area contributed by atoms with Crippen molar-refractivity contribution in [3.05, 3.63) is 21.9 Å². The highest BCUT2D eigenvalue weighted by Gasteiger charge is 2.14. The summed E-state index contributed by atoms with van der Waals surface area (Å²) in [6.45, 7) is 4.29. The molecule has 0 aliphatic carbocycles. The fraction of sp³-hybridized carbons (Fsp3) is 0.455. The number of likely N-dealkylation sites (N-methyl/N-ethyl adjacent to an activating group) is 1. The van der Waals surface area contributed by atoms with E-state index in [9.17, 15) is 9.59 Å². The molecule has 1 rings (SSSR count). The average Bonchev–Trinajstić information content (AvgIpc) is 2.68. The van der Waals surface area contributed by atoms with Crippen LogP contribution < -0.4 is 5.32 Å². The zero-order valence-corrected chi connectivity index (χ0v) is 10.7. The highest BCUT2D eigenvalue weighted by molar-refractivity contribution is 7.11. The van der Waals surface area contributed by atoms with Crippen LogP contribution in [0, 0.1) is 6.92 Å². The van der Waals surface area contributed by atoms with E-state index < -0.39 is 5.97 Å². The van der Waals surface area contributed by atoms with E-state index in [4.69, 9.17) is 5.11 Å². The summed E-state index contributed by atoms with van der Waals surface area (Å²) in [7, 11) is 0. The Morgan fingerprint density at radius 2 is 2.18 bits per heavy atom. The molecule has 2 amide bonds. The van der Waals surface area contributed by atoms with Gasteiger partial charge in [0.15, 0.2) is 0 Å². The van der Waals surface area contributed by atoms with Crippen LogP contribution >= 0.6 is 11.3 Å². The highest BCUT2D eigenvalue weighted by Crippen LogP contribution is 2.14. The zero-order chi connectivity index (χ0) is 12.8. The molecule has 94 valence electrons. The van der Waals surface area contributed by atoms with Gasteiger partial charge in [-0.15, -0.1) is 11.3 Å². The third-order valence-corrected chi connectivity index (χ3v) is 3.21. The van der Waals surface area contributed by atoms with Crippen molar-refractivity contribution in [2.45, 2.75) is 20.4 Å². The minimum atomic E-state index is -1.01. The van der Waals surface area contributed by atoms with E-state index in [-0.39, 0.29) is 12.6 Å². The van der Waals surface area contributed by atoms with Gasteiger partial charge in [0.1, 0.15) is 6.54 Å². The standard InChI is InChI=1S/C11H16N2O3S/c1-3-13(7-10(14)15)11(16)12-6-9-5-4-8(2)17-9/h4-5H,3,6-7H2,1-2H3,(H,12,16)(H,14,15). The number of thiophene rings is 1. The normalized spacial score (nSPS) is 10.0. The zero-order valence-electron chi connectivity index (χ0n) is 9.90. The van der Waals surface area contributed by atoms with Crippen LogP contribution in [0.15, 0.2) is 12.1 Å². The molecular formula is C11H16N2O3S. The number of carboxylic acid groups (broad SMARTS) is 1. The van der Waals surface area contributed by atoms with Crippen LogP contribution in [0.5, 0.6) is 0 Å². The fourth-order valence-electron chi connectivity index (χ4n) is 1.35. The lowest BCUT2D eigenvalue weighted by Gasteiger charge is -2.18. The Labute approximate surface area is 104 Å². The number of carbonyl (C=O) groups excluding carboxylic acids is 1. The van der Waals surface area contributed by atoms with Crippen LogP contribution in [-0.4, -0.2) is 35.1 Å². The molecule has 1 aromatic heterocycles. The Hall–Kier alpha value is -1.56. The first-order valence-corrected chi connectivity index (χ1v) is 6.14. The van der Waals surface area contributed by atoms with E-state index >= 15 is 0 Å². The lowest BCUT2D eigenvalue weighted by Crippen LogP contribution is -2.42. The number of hydrogen-bond acceptors (Lipinski definition) is 3. The number of carbonyl (C=O) groups is 2. The number of hydrogen-bond donors (Lipinski definition) is 2. The Kier molecular flexibility index (Phi) is 4.96. The Balaban J connectivity index is 2.44. The summed E-state index contributed by atoms with van der Waals surface area (Å²) in [5, 5.41) is 11.3. The van der Waals surface area contributed by atoms with Gasteiger partial charge in [-0.2, -0.15) is 0 Å². The van der Waals surface area contributed by atoms with Gasteiger partial charge in [-0.05, 0) is 26.0 Å². The van der Waals surface area contributed by atoms with Crippen LogP contribution in [0.25, 0.3) is 0 Å². The molecule has 0 fully saturated rings. The van der Waals surface area contributed by atoms with Crippen molar-refractivity contribution in [3.8, 4) is 0 Å². The number of urea groups is 1. The lowest BCUT2D eigenvalue weighted by atomic mass is 10.4. The molecule has 0 saturated heterocycles. The summed E-state index contributed by atoms with van der Waals surface area (Å²) in [5.41, 5.74) is 0. The molecule has 0 aliphatic rings. The first-order chi connectivity index (χ1) is 8.02.